The first-order chi connectivity index (χ1) is 13.9. The van der Waals surface area contributed by atoms with Crippen LogP contribution < -0.4 is 10.0 Å². The molecule has 2 amide bonds. The van der Waals surface area contributed by atoms with Gasteiger partial charge in [0, 0.05) is 18.8 Å². The van der Waals surface area contributed by atoms with Crippen molar-refractivity contribution in [2.75, 3.05) is 18.5 Å². The molecule has 1 fully saturated rings. The Labute approximate surface area is 170 Å². The van der Waals surface area contributed by atoms with E-state index in [9.17, 15) is 13.4 Å². The van der Waals surface area contributed by atoms with Crippen LogP contribution in [0.2, 0.25) is 0 Å². The number of nitrogens with zero attached hydrogens (tertiary/aromatic N) is 2. The van der Waals surface area contributed by atoms with Gasteiger partial charge in [-0.25, -0.2) is 13.4 Å². The Morgan fingerprint density at radius 3 is 2.41 bits per heavy atom. The average molecular weight is 418 g/mol. The number of urea groups is 1. The number of benzene rings is 1. The van der Waals surface area contributed by atoms with Gasteiger partial charge in [-0.15, -0.1) is 0 Å². The molecule has 29 heavy (non-hydrogen) atoms. The number of anilines is 1. The van der Waals surface area contributed by atoms with E-state index in [1.54, 1.807) is 7.05 Å². The summed E-state index contributed by atoms with van der Waals surface area (Å²) in [4.78, 5) is 12.6. The monoisotopic (exact) mass is 418 g/mol. The summed E-state index contributed by atoms with van der Waals surface area (Å²) in [5.74, 6) is 0. The highest BCUT2D eigenvalue weighted by Gasteiger charge is 2.43. The highest BCUT2D eigenvalue weighted by Crippen LogP contribution is 2.38. The maximum absolute atomic E-state index is 14.6. The van der Waals surface area contributed by atoms with Crippen LogP contribution in [0.5, 0.6) is 0 Å². The van der Waals surface area contributed by atoms with E-state index in [-0.39, 0.29) is 18.2 Å². The van der Waals surface area contributed by atoms with E-state index in [1.807, 2.05) is 0 Å². The molecule has 0 bridgehead atoms. The van der Waals surface area contributed by atoms with Gasteiger partial charge in [-0.1, -0.05) is 6.07 Å². The molecule has 0 saturated carbocycles. The Morgan fingerprint density at radius 2 is 1.83 bits per heavy atom. The maximum atomic E-state index is 14.6. The minimum absolute atomic E-state index is 0.0449. The van der Waals surface area contributed by atoms with Gasteiger partial charge in [-0.3, -0.25) is 9.40 Å². The van der Waals surface area contributed by atoms with Gasteiger partial charge in [0.15, 0.2) is 21.7 Å². The summed E-state index contributed by atoms with van der Waals surface area (Å²) >= 11 is 0. The van der Waals surface area contributed by atoms with E-state index in [0.29, 0.717) is 5.69 Å². The quantitative estimate of drug-likeness (QED) is 0.799. The molecule has 2 heterocycles. The molecule has 1 unspecified atom stereocenters. The van der Waals surface area contributed by atoms with E-state index in [2.05, 4.69) is 21.2 Å². The van der Waals surface area contributed by atoms with Crippen LogP contribution in [-0.2, 0) is 54.1 Å². The number of amides is 2. The summed E-state index contributed by atoms with van der Waals surface area (Å²) in [6.45, 7) is -0.0898. The number of rotatable bonds is 4. The van der Waals surface area contributed by atoms with Crippen LogP contribution in [0.25, 0.3) is 0 Å². The van der Waals surface area contributed by atoms with Crippen molar-refractivity contribution in [1.82, 2.24) is 14.5 Å². The van der Waals surface area contributed by atoms with Gasteiger partial charge in [0.25, 0.3) is 0 Å². The predicted molar refractivity (Wildman–Crippen MR) is 106 cm³/mol. The number of halogens is 1. The summed E-state index contributed by atoms with van der Waals surface area (Å²) < 4.78 is 36.0. The van der Waals surface area contributed by atoms with Crippen molar-refractivity contribution in [2.45, 2.75) is 49.2 Å². The number of aryl methyl sites for hydroxylation is 3. The van der Waals surface area contributed by atoms with Crippen LogP contribution in [0.15, 0.2) is 17.2 Å². The standard InChI is InChI=1S/C20H23FN4O3S/c1-25-16(20(21)10-28-11-20)9-17(23-25)29(27)24-19(26)22-18-14-6-2-4-12(14)8-13-5-3-7-15(13)18/h8-9H,2-7,10-11H2,1H3,(H2,22,24,26). The van der Waals surface area contributed by atoms with E-state index < -0.39 is 22.7 Å². The first-order valence-electron chi connectivity index (χ1n) is 9.92. The van der Waals surface area contributed by atoms with Gasteiger partial charge in [0.1, 0.15) is 0 Å². The van der Waals surface area contributed by atoms with E-state index in [1.165, 1.54) is 33.0 Å². The fraction of sp³-hybridized carbons (Fsp3) is 0.500. The van der Waals surface area contributed by atoms with Crippen molar-refractivity contribution in [2.24, 2.45) is 7.05 Å². The molecule has 7 nitrogen and oxygen atoms in total. The minimum atomic E-state index is -1.89. The molecule has 2 aliphatic carbocycles. The fourth-order valence-corrected chi connectivity index (χ4v) is 5.36. The second-order valence-corrected chi connectivity index (χ2v) is 9.17. The Morgan fingerprint density at radius 1 is 1.17 bits per heavy atom. The Balaban J connectivity index is 1.33. The first-order valence-corrected chi connectivity index (χ1v) is 11.1. The van der Waals surface area contributed by atoms with Crippen molar-refractivity contribution in [3.63, 3.8) is 0 Å². The van der Waals surface area contributed by atoms with Crippen molar-refractivity contribution in [3.05, 3.63) is 40.1 Å². The summed E-state index contributed by atoms with van der Waals surface area (Å²) in [5.41, 5.74) is 4.61. The topological polar surface area (TPSA) is 85.2 Å². The maximum Gasteiger partial charge on any atom is 0.331 e. The van der Waals surface area contributed by atoms with Gasteiger partial charge >= 0.3 is 6.03 Å². The van der Waals surface area contributed by atoms with Crippen LogP contribution in [0.4, 0.5) is 14.9 Å². The lowest BCUT2D eigenvalue weighted by Crippen LogP contribution is -2.43. The van der Waals surface area contributed by atoms with Crippen LogP contribution in [0, 0.1) is 0 Å². The summed E-state index contributed by atoms with van der Waals surface area (Å²) in [7, 11) is -0.298. The predicted octanol–water partition coefficient (Wildman–Crippen LogP) is 2.44. The van der Waals surface area contributed by atoms with E-state index >= 15 is 0 Å². The number of aromatic nitrogens is 2. The van der Waals surface area contributed by atoms with Crippen molar-refractivity contribution in [3.8, 4) is 0 Å². The molecule has 1 aromatic heterocycles. The van der Waals surface area contributed by atoms with Gasteiger partial charge in [-0.05, 0) is 60.8 Å². The highest BCUT2D eigenvalue weighted by atomic mass is 32.2. The highest BCUT2D eigenvalue weighted by molar-refractivity contribution is 7.83. The van der Waals surface area contributed by atoms with Crippen LogP contribution in [0.3, 0.4) is 0 Å². The average Bonchev–Trinajstić information content (AvgIpc) is 3.38. The molecule has 1 aromatic carbocycles. The van der Waals surface area contributed by atoms with Crippen LogP contribution in [0.1, 0.15) is 40.8 Å². The second kappa shape index (κ2) is 6.91. The zero-order valence-electron chi connectivity index (χ0n) is 16.2. The van der Waals surface area contributed by atoms with E-state index in [4.69, 9.17) is 4.74 Å². The largest absolute Gasteiger partial charge is 0.374 e. The molecule has 3 aliphatic rings. The number of alkyl halides is 1. The van der Waals surface area contributed by atoms with Crippen LogP contribution in [-0.4, -0.2) is 33.2 Å². The molecule has 1 aliphatic heterocycles. The molecule has 2 N–H and O–H groups in total. The van der Waals surface area contributed by atoms with Crippen molar-refractivity contribution >= 4 is 22.7 Å². The molecule has 1 atom stereocenters. The van der Waals surface area contributed by atoms with Crippen LogP contribution >= 0.6 is 0 Å². The molecule has 0 spiro atoms. The lowest BCUT2D eigenvalue weighted by atomic mass is 9.99. The van der Waals surface area contributed by atoms with Gasteiger partial charge < -0.3 is 10.1 Å². The SMILES string of the molecule is Cn1nc(S(=O)NC(=O)Nc2c3c(cc4c2CCC4)CCC3)cc1C1(F)COC1. The van der Waals surface area contributed by atoms with Gasteiger partial charge in [0.05, 0.1) is 18.9 Å². The summed E-state index contributed by atoms with van der Waals surface area (Å²) in [6, 6.07) is 3.18. The molecular formula is C20H23FN4O3S. The molecule has 154 valence electrons. The third-order valence-corrected chi connectivity index (χ3v) is 7.02. The number of hydrogen-bond acceptors (Lipinski definition) is 4. The molecule has 2 aromatic rings. The normalized spacial score (nSPS) is 19.9. The Bertz CT molecular complexity index is 999. The number of hydrogen-bond donors (Lipinski definition) is 2. The van der Waals surface area contributed by atoms with Gasteiger partial charge in [-0.2, -0.15) is 5.10 Å². The van der Waals surface area contributed by atoms with Gasteiger partial charge in [0.2, 0.25) is 0 Å². The first kappa shape index (κ1) is 18.7. The summed E-state index contributed by atoms with van der Waals surface area (Å²) in [5, 5.41) is 7.17. The van der Waals surface area contributed by atoms with Crippen molar-refractivity contribution < 1.29 is 18.1 Å². The zero-order valence-corrected chi connectivity index (χ0v) is 17.0. The minimum Gasteiger partial charge on any atom is -0.374 e. The third kappa shape index (κ3) is 3.16. The Hall–Kier alpha value is -2.26. The molecule has 1 saturated heterocycles. The number of fused-ring (bicyclic) bond motifs is 2. The number of nitrogens with one attached hydrogen (secondary N) is 2. The number of ether oxygens (including phenoxy) is 1. The smallest absolute Gasteiger partial charge is 0.331 e. The molecule has 9 heteroatoms. The lowest BCUT2D eigenvalue weighted by Gasteiger charge is -2.33. The third-order valence-electron chi connectivity index (χ3n) is 6.07. The molecule has 0 radical (unpaired) electrons. The summed E-state index contributed by atoms with van der Waals surface area (Å²) in [6.07, 6.45) is 6.15. The lowest BCUT2D eigenvalue weighted by molar-refractivity contribution is -0.139. The van der Waals surface area contributed by atoms with E-state index in [0.717, 1.165) is 44.2 Å². The number of carbonyl (C=O) groups is 1. The Kier molecular flexibility index (Phi) is 4.47. The molecule has 5 rings (SSSR count). The molecular weight excluding hydrogens is 395 g/mol. The second-order valence-electron chi connectivity index (χ2n) is 8.01. The van der Waals surface area contributed by atoms with Crippen molar-refractivity contribution in [1.29, 1.82) is 0 Å². The zero-order chi connectivity index (χ0) is 20.2. The number of carbonyl (C=O) groups excluding carboxylic acids is 1. The fourth-order valence-electron chi connectivity index (χ4n) is 4.62.